The summed E-state index contributed by atoms with van der Waals surface area (Å²) in [4.78, 5) is 18.1. The Balaban J connectivity index is 1.48. The Morgan fingerprint density at radius 3 is 2.59 bits per heavy atom. The van der Waals surface area contributed by atoms with Gasteiger partial charge < -0.3 is 10.2 Å². The van der Waals surface area contributed by atoms with E-state index < -0.39 is 6.29 Å². The number of hydrogen-bond donors (Lipinski definition) is 3. The van der Waals surface area contributed by atoms with Gasteiger partial charge in [-0.1, -0.05) is 30.7 Å². The number of carbonyl (C=O) groups excluding carboxylic acids is 1. The lowest BCUT2D eigenvalue weighted by Crippen LogP contribution is -2.60. The number of nitrogens with one attached hydrogen (secondary N) is 1. The third-order valence-corrected chi connectivity index (χ3v) is 7.36. The second-order valence-corrected chi connectivity index (χ2v) is 9.94. The molecule has 0 aromatic heterocycles. The fourth-order valence-electron chi connectivity index (χ4n) is 5.73. The van der Waals surface area contributed by atoms with Crippen LogP contribution in [0.5, 0.6) is 0 Å². The van der Waals surface area contributed by atoms with Gasteiger partial charge in [-0.2, -0.15) is 0 Å². The summed E-state index contributed by atoms with van der Waals surface area (Å²) in [5, 5.41) is 6.86. The van der Waals surface area contributed by atoms with Gasteiger partial charge in [0.05, 0.1) is 11.4 Å². The first-order chi connectivity index (χ1) is 16.5. The molecule has 0 spiro atoms. The predicted octanol–water partition coefficient (Wildman–Crippen LogP) is 2.85. The molecule has 3 heterocycles. The molecule has 2 saturated heterocycles. The maximum absolute atomic E-state index is 13.3. The van der Waals surface area contributed by atoms with Gasteiger partial charge in [-0.25, -0.2) is 15.9 Å². The zero-order valence-corrected chi connectivity index (χ0v) is 20.1. The van der Waals surface area contributed by atoms with Crippen molar-refractivity contribution in [3.8, 4) is 0 Å². The summed E-state index contributed by atoms with van der Waals surface area (Å²) in [6.45, 7) is 7.07. The van der Waals surface area contributed by atoms with Gasteiger partial charge in [-0.3, -0.25) is 15.5 Å². The van der Waals surface area contributed by atoms with E-state index in [1.807, 2.05) is 23.2 Å². The van der Waals surface area contributed by atoms with E-state index in [9.17, 15) is 4.79 Å². The zero-order valence-electron chi connectivity index (χ0n) is 20.1. The number of rotatable bonds is 5. The molecule has 5 rings (SSSR count). The van der Waals surface area contributed by atoms with Gasteiger partial charge in [0.25, 0.3) is 5.91 Å². The average Bonchev–Trinajstić information content (AvgIpc) is 3.43. The van der Waals surface area contributed by atoms with Gasteiger partial charge >= 0.3 is 0 Å². The molecule has 2 atom stereocenters. The molecule has 0 saturated carbocycles. The first kappa shape index (κ1) is 23.1. The van der Waals surface area contributed by atoms with E-state index in [1.54, 1.807) is 12.1 Å². The van der Waals surface area contributed by atoms with Gasteiger partial charge in [0.2, 0.25) is 0 Å². The number of nitrogens with zero attached hydrogens (tertiary/aromatic N) is 4. The van der Waals surface area contributed by atoms with Gasteiger partial charge in [-0.05, 0) is 75.0 Å². The van der Waals surface area contributed by atoms with Crippen molar-refractivity contribution >= 4 is 17.3 Å². The van der Waals surface area contributed by atoms with Crippen LogP contribution in [0, 0.1) is 6.92 Å². The summed E-state index contributed by atoms with van der Waals surface area (Å²) < 4.78 is 0. The summed E-state index contributed by atoms with van der Waals surface area (Å²) in [6.07, 6.45) is 5.26. The Hall–Kier alpha value is -2.65. The monoisotopic (exact) mass is 463 g/mol. The number of carbonyl (C=O) groups is 1. The van der Waals surface area contributed by atoms with Gasteiger partial charge in [0, 0.05) is 31.2 Å². The molecule has 182 valence electrons. The number of benzene rings is 2. The van der Waals surface area contributed by atoms with Crippen LogP contribution in [0.4, 0.5) is 11.4 Å². The Labute approximate surface area is 202 Å². The highest BCUT2D eigenvalue weighted by Crippen LogP contribution is 2.42. The largest absolute Gasteiger partial charge is 0.345 e. The molecule has 0 radical (unpaired) electrons. The fourth-order valence-corrected chi connectivity index (χ4v) is 5.73. The molecule has 1 unspecified atom stereocenters. The fraction of sp³-hybridized carbons (Fsp3) is 0.500. The number of nitrogens with two attached hydrogens (primary N) is 2. The highest BCUT2D eigenvalue weighted by molar-refractivity contribution is 5.95. The van der Waals surface area contributed by atoms with Gasteiger partial charge in [-0.15, -0.1) is 0 Å². The summed E-state index contributed by atoms with van der Waals surface area (Å²) in [6, 6.07) is 13.9. The molecule has 0 aliphatic carbocycles. The molecule has 8 heteroatoms. The Morgan fingerprint density at radius 2 is 1.82 bits per heavy atom. The van der Waals surface area contributed by atoms with E-state index >= 15 is 0 Å². The van der Waals surface area contributed by atoms with Crippen LogP contribution in [0.25, 0.3) is 0 Å². The first-order valence-electron chi connectivity index (χ1n) is 12.5. The number of likely N-dealkylation sites (tertiary alicyclic amines) is 1. The molecule has 5 N–H and O–H groups in total. The number of aryl methyl sites for hydroxylation is 1. The zero-order chi connectivity index (χ0) is 23.7. The van der Waals surface area contributed by atoms with Crippen molar-refractivity contribution in [3.05, 3.63) is 59.2 Å². The van der Waals surface area contributed by atoms with Crippen molar-refractivity contribution in [2.24, 2.45) is 11.7 Å². The van der Waals surface area contributed by atoms with Crippen molar-refractivity contribution in [3.63, 3.8) is 0 Å². The molecule has 3 aliphatic heterocycles. The minimum absolute atomic E-state index is 0.156. The van der Waals surface area contributed by atoms with Crippen LogP contribution in [0.1, 0.15) is 53.6 Å². The van der Waals surface area contributed by atoms with Crippen molar-refractivity contribution in [2.45, 2.75) is 57.9 Å². The average molecular weight is 464 g/mol. The Bertz CT molecular complexity index is 1010. The topological polar surface area (TPSA) is 94.1 Å². The van der Waals surface area contributed by atoms with Crippen molar-refractivity contribution in [2.75, 3.05) is 36.4 Å². The lowest BCUT2D eigenvalue weighted by Gasteiger charge is -2.39. The normalized spacial score (nSPS) is 23.4. The van der Waals surface area contributed by atoms with Crippen LogP contribution in [0.3, 0.4) is 0 Å². The standard InChI is InChI=1S/C26H37N7O/c1-19-15-20(17-30-12-7-8-13-30)16-23-24(19)32(22-11-5-6-14-31(27)18-22)26(29-23)33(28)25(34)21-9-3-2-4-10-21/h2-4,9-10,15-16,22,26,29H,5-8,11-14,17-18,27-28H2,1H3/t22-,26?/m1/s1. The van der Waals surface area contributed by atoms with Crippen LogP contribution in [-0.4, -0.2) is 59.3 Å². The molecule has 1 amide bonds. The highest BCUT2D eigenvalue weighted by Gasteiger charge is 2.40. The van der Waals surface area contributed by atoms with Gasteiger partial charge in [0.15, 0.2) is 6.29 Å². The van der Waals surface area contributed by atoms with E-state index in [0.717, 1.165) is 63.4 Å². The quantitative estimate of drug-likeness (QED) is 0.357. The smallest absolute Gasteiger partial charge is 0.271 e. The molecular weight excluding hydrogens is 426 g/mol. The minimum atomic E-state index is -0.472. The third-order valence-electron chi connectivity index (χ3n) is 7.36. The number of fused-ring (bicyclic) bond motifs is 1. The van der Waals surface area contributed by atoms with Crippen molar-refractivity contribution in [1.82, 2.24) is 14.9 Å². The number of anilines is 2. The molecule has 3 aliphatic rings. The number of hydrogen-bond acceptors (Lipinski definition) is 7. The second kappa shape index (κ2) is 9.92. The molecule has 2 aromatic carbocycles. The van der Waals surface area contributed by atoms with Crippen LogP contribution < -0.4 is 21.9 Å². The summed E-state index contributed by atoms with van der Waals surface area (Å²) >= 11 is 0. The summed E-state index contributed by atoms with van der Waals surface area (Å²) in [5.74, 6) is 12.7. The number of amides is 1. The Kier molecular flexibility index (Phi) is 6.74. The SMILES string of the molecule is Cc1cc(CN2CCCC2)cc2c1N([C@@H]1CCCCN(N)C1)C(N(N)C(=O)c1ccccc1)N2. The van der Waals surface area contributed by atoms with E-state index in [-0.39, 0.29) is 11.9 Å². The Morgan fingerprint density at radius 1 is 1.09 bits per heavy atom. The van der Waals surface area contributed by atoms with E-state index in [4.69, 9.17) is 11.7 Å². The van der Waals surface area contributed by atoms with E-state index in [0.29, 0.717) is 5.56 Å². The lowest BCUT2D eigenvalue weighted by atomic mass is 10.0. The van der Waals surface area contributed by atoms with Gasteiger partial charge in [0.1, 0.15) is 0 Å². The minimum Gasteiger partial charge on any atom is -0.345 e. The third kappa shape index (κ3) is 4.63. The molecule has 34 heavy (non-hydrogen) atoms. The van der Waals surface area contributed by atoms with Crippen LogP contribution >= 0.6 is 0 Å². The molecular formula is C26H37N7O. The highest BCUT2D eigenvalue weighted by atomic mass is 16.2. The summed E-state index contributed by atoms with van der Waals surface area (Å²) in [5.41, 5.74) is 5.26. The molecule has 8 nitrogen and oxygen atoms in total. The van der Waals surface area contributed by atoms with Crippen LogP contribution in [0.15, 0.2) is 42.5 Å². The van der Waals surface area contributed by atoms with E-state index in [1.165, 1.54) is 29.0 Å². The maximum atomic E-state index is 13.3. The number of hydrazine groups is 2. The van der Waals surface area contributed by atoms with Crippen LogP contribution in [-0.2, 0) is 6.54 Å². The van der Waals surface area contributed by atoms with Crippen molar-refractivity contribution < 1.29 is 4.79 Å². The lowest BCUT2D eigenvalue weighted by molar-refractivity contribution is 0.0689. The van der Waals surface area contributed by atoms with E-state index in [2.05, 4.69) is 34.2 Å². The molecule has 0 bridgehead atoms. The summed E-state index contributed by atoms with van der Waals surface area (Å²) in [7, 11) is 0. The second-order valence-electron chi connectivity index (χ2n) is 9.94. The maximum Gasteiger partial charge on any atom is 0.271 e. The van der Waals surface area contributed by atoms with Crippen LogP contribution in [0.2, 0.25) is 0 Å². The molecule has 2 aromatic rings. The molecule has 2 fully saturated rings. The first-order valence-corrected chi connectivity index (χ1v) is 12.5. The predicted molar refractivity (Wildman–Crippen MR) is 136 cm³/mol. The van der Waals surface area contributed by atoms with Crippen molar-refractivity contribution in [1.29, 1.82) is 0 Å².